The molecule has 1 aromatic carbocycles. The van der Waals surface area contributed by atoms with E-state index in [0.717, 1.165) is 5.02 Å². The predicted octanol–water partition coefficient (Wildman–Crippen LogP) is -0.222. The first-order valence-electron chi connectivity index (χ1n) is 6.26. The van der Waals surface area contributed by atoms with Gasteiger partial charge in [-0.1, -0.05) is 18.2 Å². The van der Waals surface area contributed by atoms with E-state index in [9.17, 15) is 9.59 Å². The van der Waals surface area contributed by atoms with Crippen molar-refractivity contribution in [1.82, 2.24) is 9.98 Å². The Morgan fingerprint density at radius 3 is 2.67 bits per heavy atom. The van der Waals surface area contributed by atoms with Crippen molar-refractivity contribution in [3.05, 3.63) is 35.9 Å². The van der Waals surface area contributed by atoms with Gasteiger partial charge in [-0.3, -0.25) is 9.80 Å². The van der Waals surface area contributed by atoms with Crippen molar-refractivity contribution in [2.45, 2.75) is 0 Å². The molecule has 0 aliphatic carbocycles. The zero-order valence-electron chi connectivity index (χ0n) is 10.9. The second-order valence-corrected chi connectivity index (χ2v) is 4.52. The van der Waals surface area contributed by atoms with Gasteiger partial charge in [0.2, 0.25) is 0 Å². The summed E-state index contributed by atoms with van der Waals surface area (Å²) in [6.45, 7) is 0.387. The summed E-state index contributed by atoms with van der Waals surface area (Å²) < 4.78 is 9.82. The third-order valence-corrected chi connectivity index (χ3v) is 3.07. The minimum absolute atomic E-state index is 0.305. The molecular formula is C12H13N3O6. The molecule has 2 heterocycles. The Hall–Kier alpha value is -2.84. The van der Waals surface area contributed by atoms with E-state index in [1.54, 1.807) is 35.3 Å². The Morgan fingerprint density at radius 2 is 2.00 bits per heavy atom. The first-order chi connectivity index (χ1) is 10.1. The van der Waals surface area contributed by atoms with Crippen molar-refractivity contribution >= 4 is 11.9 Å². The van der Waals surface area contributed by atoms with Gasteiger partial charge < -0.3 is 14.7 Å². The number of esters is 1. The van der Waals surface area contributed by atoms with Crippen molar-refractivity contribution in [3.8, 4) is 0 Å². The van der Waals surface area contributed by atoms with Gasteiger partial charge in [0.25, 0.3) is 6.79 Å². The summed E-state index contributed by atoms with van der Waals surface area (Å²) in [5.41, 5.74) is 0.428. The number of aromatic nitrogens is 2. The van der Waals surface area contributed by atoms with Crippen LogP contribution in [0.2, 0.25) is 0 Å². The molecule has 9 heteroatoms. The van der Waals surface area contributed by atoms with Gasteiger partial charge >= 0.3 is 11.9 Å². The monoisotopic (exact) mass is 295 g/mol. The molecule has 9 nitrogen and oxygen atoms in total. The van der Waals surface area contributed by atoms with Crippen LogP contribution in [0.15, 0.2) is 35.0 Å². The highest BCUT2D eigenvalue weighted by atomic mass is 17.0. The van der Waals surface area contributed by atoms with Crippen LogP contribution in [0.5, 0.6) is 0 Å². The van der Waals surface area contributed by atoms with Gasteiger partial charge in [0.05, 0.1) is 24.6 Å². The number of hydrogen-bond acceptors (Lipinski definition) is 6. The Balaban J connectivity index is 1.38. The second-order valence-electron chi connectivity index (χ2n) is 4.52. The lowest BCUT2D eigenvalue weighted by atomic mass is 10.0. The van der Waals surface area contributed by atoms with Crippen LogP contribution in [0.25, 0.3) is 0 Å². The third kappa shape index (κ3) is 2.86. The van der Waals surface area contributed by atoms with Crippen LogP contribution in [0.1, 0.15) is 10.4 Å². The summed E-state index contributed by atoms with van der Waals surface area (Å²) in [6, 6.07) is 8.53. The second kappa shape index (κ2) is 5.27. The molecule has 1 saturated heterocycles. The van der Waals surface area contributed by atoms with Gasteiger partial charge in [0, 0.05) is 4.96 Å². The average molecular weight is 295 g/mol. The highest BCUT2D eigenvalue weighted by molar-refractivity contribution is 5.89. The van der Waals surface area contributed by atoms with E-state index in [2.05, 4.69) is 0 Å². The number of benzene rings is 1. The smallest absolute Gasteiger partial charge is 0.341 e. The number of carbonyl (C=O) groups is 2. The number of carboxylic acids is 1. The fraction of sp³-hybridized carbons (Fsp3) is 0.333. The molecule has 112 valence electrons. The Labute approximate surface area is 118 Å². The molecule has 1 aliphatic heterocycles. The Kier molecular flexibility index (Phi) is 3.30. The predicted molar refractivity (Wildman–Crippen MR) is 67.1 cm³/mol. The molecule has 1 N–H and O–H groups in total. The summed E-state index contributed by atoms with van der Waals surface area (Å²) in [7, 11) is 0. The fourth-order valence-electron chi connectivity index (χ4n) is 1.81. The zero-order valence-corrected chi connectivity index (χ0v) is 10.9. The van der Waals surface area contributed by atoms with Crippen molar-refractivity contribution < 1.29 is 28.9 Å². The minimum Gasteiger partial charge on any atom is -0.481 e. The van der Waals surface area contributed by atoms with Crippen LogP contribution in [-0.4, -0.2) is 46.9 Å². The van der Waals surface area contributed by atoms with E-state index in [1.807, 2.05) is 0 Å². The summed E-state index contributed by atoms with van der Waals surface area (Å²) >= 11 is 0. The quantitative estimate of drug-likeness (QED) is 0.581. The number of ether oxygens (including phenoxy) is 1. The van der Waals surface area contributed by atoms with E-state index < -0.39 is 17.9 Å². The van der Waals surface area contributed by atoms with E-state index in [4.69, 9.17) is 19.3 Å². The SMILES string of the molecule is O=C(OCOn1on1N1CC(C(=O)O)C1)c1ccccc1. The molecule has 0 unspecified atom stereocenters. The van der Waals surface area contributed by atoms with Crippen LogP contribution in [-0.2, 0) is 9.53 Å². The first-order valence-corrected chi connectivity index (χ1v) is 6.26. The highest BCUT2D eigenvalue weighted by Crippen LogP contribution is 2.15. The number of hydrogen-bond donors (Lipinski definition) is 1. The van der Waals surface area contributed by atoms with Gasteiger partial charge in [-0.2, -0.15) is 4.63 Å². The average Bonchev–Trinajstić information content (AvgIpc) is 3.17. The topological polar surface area (TPSA) is 99.1 Å². The molecule has 0 amide bonds. The molecule has 0 spiro atoms. The summed E-state index contributed by atoms with van der Waals surface area (Å²) in [4.78, 5) is 28.5. The van der Waals surface area contributed by atoms with Gasteiger partial charge in [-0.05, 0) is 12.1 Å². The van der Waals surface area contributed by atoms with E-state index >= 15 is 0 Å². The summed E-state index contributed by atoms with van der Waals surface area (Å²) in [5, 5.41) is 11.4. The standard InChI is InChI=1S/C12H13N3O6/c16-11(17)10-6-13(7-10)14-15(21-14)20-8-19-12(18)9-4-2-1-3-5-9/h1-5,10H,6-8H2,(H,16,17). The Morgan fingerprint density at radius 1 is 1.29 bits per heavy atom. The van der Waals surface area contributed by atoms with E-state index in [0.29, 0.717) is 18.7 Å². The maximum absolute atomic E-state index is 11.6. The molecular weight excluding hydrogens is 282 g/mol. The maximum Gasteiger partial charge on any atom is 0.341 e. The molecule has 0 radical (unpaired) electrons. The molecule has 21 heavy (non-hydrogen) atoms. The third-order valence-electron chi connectivity index (χ3n) is 3.07. The molecule has 3 rings (SSSR count). The fourth-order valence-corrected chi connectivity index (χ4v) is 1.81. The normalized spacial score (nSPS) is 14.8. The number of rotatable bonds is 6. The largest absolute Gasteiger partial charge is 0.481 e. The van der Waals surface area contributed by atoms with Crippen LogP contribution in [0.3, 0.4) is 0 Å². The molecule has 2 aromatic rings. The van der Waals surface area contributed by atoms with Crippen molar-refractivity contribution in [2.75, 3.05) is 24.9 Å². The van der Waals surface area contributed by atoms with Gasteiger partial charge in [0.1, 0.15) is 5.02 Å². The first kappa shape index (κ1) is 13.2. The van der Waals surface area contributed by atoms with Crippen LogP contribution < -0.4 is 9.85 Å². The zero-order chi connectivity index (χ0) is 14.8. The maximum atomic E-state index is 11.6. The number of carboxylic acid groups (broad SMARTS) is 1. The van der Waals surface area contributed by atoms with Gasteiger partial charge in [-0.15, -0.1) is 0 Å². The van der Waals surface area contributed by atoms with Crippen molar-refractivity contribution in [2.24, 2.45) is 5.92 Å². The van der Waals surface area contributed by atoms with Gasteiger partial charge in [0.15, 0.2) is 0 Å². The van der Waals surface area contributed by atoms with Crippen LogP contribution in [0, 0.1) is 5.92 Å². The van der Waals surface area contributed by atoms with E-state index in [-0.39, 0.29) is 6.79 Å². The van der Waals surface area contributed by atoms with Crippen LogP contribution in [0.4, 0.5) is 0 Å². The number of nitrogens with zero attached hydrogens (tertiary/aromatic N) is 3. The molecule has 1 fully saturated rings. The summed E-state index contributed by atoms with van der Waals surface area (Å²) in [5.74, 6) is -1.73. The molecule has 0 bridgehead atoms. The molecule has 0 atom stereocenters. The molecule has 1 aliphatic rings. The highest BCUT2D eigenvalue weighted by Gasteiger charge is 2.38. The van der Waals surface area contributed by atoms with Crippen molar-refractivity contribution in [3.63, 3.8) is 0 Å². The van der Waals surface area contributed by atoms with Crippen LogP contribution >= 0.6 is 0 Å². The van der Waals surface area contributed by atoms with Crippen molar-refractivity contribution in [1.29, 1.82) is 0 Å². The lowest BCUT2D eigenvalue weighted by Crippen LogP contribution is -2.55. The molecule has 0 saturated carbocycles. The van der Waals surface area contributed by atoms with E-state index in [1.165, 1.54) is 4.96 Å². The number of aliphatic carboxylic acids is 1. The lowest BCUT2D eigenvalue weighted by Gasteiger charge is -2.32. The number of carbonyl (C=O) groups excluding carboxylic acids is 1. The summed E-state index contributed by atoms with van der Waals surface area (Å²) in [6.07, 6.45) is 0. The lowest BCUT2D eigenvalue weighted by molar-refractivity contribution is -0.143. The Bertz CT molecular complexity index is 622. The minimum atomic E-state index is -0.836. The molecule has 1 aromatic heterocycles. The van der Waals surface area contributed by atoms with Gasteiger partial charge in [-0.25, -0.2) is 4.79 Å².